The van der Waals surface area contributed by atoms with E-state index in [9.17, 15) is 9.59 Å². The maximum atomic E-state index is 12.6. The summed E-state index contributed by atoms with van der Waals surface area (Å²) in [7, 11) is 0. The van der Waals surface area contributed by atoms with E-state index in [2.05, 4.69) is 22.3 Å². The van der Waals surface area contributed by atoms with Gasteiger partial charge in [0, 0.05) is 37.5 Å². The fourth-order valence-corrected chi connectivity index (χ4v) is 4.52. The van der Waals surface area contributed by atoms with Crippen molar-refractivity contribution in [3.8, 4) is 0 Å². The molecule has 1 N–H and O–H groups in total. The highest BCUT2D eigenvalue weighted by Gasteiger charge is 2.33. The Balaban J connectivity index is 1.63. The van der Waals surface area contributed by atoms with Crippen LogP contribution in [0.5, 0.6) is 0 Å². The Morgan fingerprint density at radius 2 is 2.00 bits per heavy atom. The number of rotatable bonds is 5. The molecule has 6 heteroatoms. The van der Waals surface area contributed by atoms with E-state index < -0.39 is 0 Å². The van der Waals surface area contributed by atoms with Crippen LogP contribution in [0, 0.1) is 0 Å². The summed E-state index contributed by atoms with van der Waals surface area (Å²) in [5.74, 6) is 1.32. The van der Waals surface area contributed by atoms with Gasteiger partial charge in [-0.2, -0.15) is 0 Å². The van der Waals surface area contributed by atoms with Crippen LogP contribution in [-0.4, -0.2) is 47.5 Å². The fraction of sp³-hybridized carbons (Fsp3) is 0.556. The highest BCUT2D eigenvalue weighted by molar-refractivity contribution is 7.99. The molecule has 0 radical (unpaired) electrons. The monoisotopic (exact) mass is 347 g/mol. The summed E-state index contributed by atoms with van der Waals surface area (Å²) in [6.07, 6.45) is 2.91. The van der Waals surface area contributed by atoms with Gasteiger partial charge in [-0.05, 0) is 24.5 Å². The molecular formula is C18H25N3O2S. The van der Waals surface area contributed by atoms with Crippen molar-refractivity contribution in [1.82, 2.24) is 10.2 Å². The number of hydrogen-bond acceptors (Lipinski definition) is 4. The molecule has 0 bridgehead atoms. The molecule has 3 rings (SSSR count). The molecule has 24 heavy (non-hydrogen) atoms. The molecule has 0 spiro atoms. The van der Waals surface area contributed by atoms with E-state index in [-0.39, 0.29) is 17.9 Å². The summed E-state index contributed by atoms with van der Waals surface area (Å²) in [4.78, 5) is 28.6. The van der Waals surface area contributed by atoms with Gasteiger partial charge in [0.2, 0.25) is 11.8 Å². The highest BCUT2D eigenvalue weighted by Crippen LogP contribution is 2.25. The second kappa shape index (κ2) is 7.92. The molecule has 130 valence electrons. The largest absolute Gasteiger partial charge is 0.371 e. The van der Waals surface area contributed by atoms with E-state index in [4.69, 9.17) is 0 Å². The summed E-state index contributed by atoms with van der Waals surface area (Å²) < 4.78 is 0. The van der Waals surface area contributed by atoms with Gasteiger partial charge >= 0.3 is 0 Å². The number of hydrogen-bond donors (Lipinski definition) is 1. The standard InChI is InChI=1S/C18H25N3O2S/c1-2-17(22)21-13-24-12-16(21)18(23)19-11-14-7-3-4-8-15(14)20-9-5-6-10-20/h3-4,7-8,16H,2,5-6,9-13H2,1H3,(H,19,23)/t16-/m1/s1. The number of amides is 2. The lowest BCUT2D eigenvalue weighted by molar-refractivity contribution is -0.137. The van der Waals surface area contributed by atoms with E-state index >= 15 is 0 Å². The van der Waals surface area contributed by atoms with Crippen LogP contribution in [0.4, 0.5) is 5.69 Å². The SMILES string of the molecule is CCC(=O)N1CSC[C@@H]1C(=O)NCc1ccccc1N1CCCC1. The minimum Gasteiger partial charge on any atom is -0.371 e. The summed E-state index contributed by atoms with van der Waals surface area (Å²) in [6.45, 7) is 4.53. The number of carbonyl (C=O) groups excluding carboxylic acids is 2. The fourth-order valence-electron chi connectivity index (χ4n) is 3.34. The van der Waals surface area contributed by atoms with Gasteiger partial charge in [-0.1, -0.05) is 25.1 Å². The number of anilines is 1. The van der Waals surface area contributed by atoms with Gasteiger partial charge in [-0.3, -0.25) is 9.59 Å². The second-order valence-electron chi connectivity index (χ2n) is 6.27. The average Bonchev–Trinajstić information content (AvgIpc) is 3.30. The summed E-state index contributed by atoms with van der Waals surface area (Å²) >= 11 is 1.64. The Bertz CT molecular complexity index is 602. The number of thioether (sulfide) groups is 1. The third-order valence-corrected chi connectivity index (χ3v) is 5.71. The topological polar surface area (TPSA) is 52.7 Å². The van der Waals surface area contributed by atoms with Crippen LogP contribution in [0.15, 0.2) is 24.3 Å². The van der Waals surface area contributed by atoms with E-state index in [1.807, 2.05) is 19.1 Å². The molecule has 2 heterocycles. The van der Waals surface area contributed by atoms with Crippen molar-refractivity contribution in [2.75, 3.05) is 29.6 Å². The first-order valence-electron chi connectivity index (χ1n) is 8.68. The van der Waals surface area contributed by atoms with Gasteiger partial charge in [-0.25, -0.2) is 0 Å². The van der Waals surface area contributed by atoms with E-state index in [1.54, 1.807) is 16.7 Å². The highest BCUT2D eigenvalue weighted by atomic mass is 32.2. The number of nitrogens with zero attached hydrogens (tertiary/aromatic N) is 2. The predicted octanol–water partition coefficient (Wildman–Crippen LogP) is 2.21. The predicted molar refractivity (Wildman–Crippen MR) is 98.0 cm³/mol. The molecule has 0 unspecified atom stereocenters. The summed E-state index contributed by atoms with van der Waals surface area (Å²) in [6, 6.07) is 7.94. The van der Waals surface area contributed by atoms with Crippen LogP contribution in [-0.2, 0) is 16.1 Å². The maximum Gasteiger partial charge on any atom is 0.243 e. The Labute approximate surface area is 147 Å². The third kappa shape index (κ3) is 3.69. The molecule has 1 aromatic rings. The molecule has 5 nitrogen and oxygen atoms in total. The average molecular weight is 347 g/mol. The Hall–Kier alpha value is -1.69. The zero-order valence-electron chi connectivity index (χ0n) is 14.2. The van der Waals surface area contributed by atoms with E-state index in [0.717, 1.165) is 18.7 Å². The molecule has 2 aliphatic heterocycles. The van der Waals surface area contributed by atoms with Crippen LogP contribution in [0.25, 0.3) is 0 Å². The normalized spacial score (nSPS) is 20.5. The first-order valence-corrected chi connectivity index (χ1v) is 9.84. The molecule has 2 amide bonds. The number of benzene rings is 1. The van der Waals surface area contributed by atoms with Crippen molar-refractivity contribution < 1.29 is 9.59 Å². The third-order valence-electron chi connectivity index (χ3n) is 4.70. The minimum atomic E-state index is -0.332. The van der Waals surface area contributed by atoms with Crippen molar-refractivity contribution >= 4 is 29.3 Å². The van der Waals surface area contributed by atoms with Gasteiger partial charge in [0.15, 0.2) is 0 Å². The summed E-state index contributed by atoms with van der Waals surface area (Å²) in [5, 5.41) is 3.04. The number of nitrogens with one attached hydrogen (secondary N) is 1. The quantitative estimate of drug-likeness (QED) is 0.887. The minimum absolute atomic E-state index is 0.0435. The Morgan fingerprint density at radius 1 is 1.25 bits per heavy atom. The van der Waals surface area contributed by atoms with Crippen LogP contribution in [0.3, 0.4) is 0 Å². The van der Waals surface area contributed by atoms with Gasteiger partial charge in [-0.15, -0.1) is 11.8 Å². The zero-order valence-corrected chi connectivity index (χ0v) is 15.0. The first kappa shape index (κ1) is 17.1. The van der Waals surface area contributed by atoms with Crippen LogP contribution in [0.2, 0.25) is 0 Å². The molecule has 1 aromatic carbocycles. The van der Waals surface area contributed by atoms with Crippen molar-refractivity contribution in [1.29, 1.82) is 0 Å². The van der Waals surface area contributed by atoms with Crippen molar-refractivity contribution in [3.05, 3.63) is 29.8 Å². The molecule has 1 atom stereocenters. The lowest BCUT2D eigenvalue weighted by atomic mass is 10.1. The molecule has 2 aliphatic rings. The summed E-state index contributed by atoms with van der Waals surface area (Å²) in [5.41, 5.74) is 2.37. The van der Waals surface area contributed by atoms with Crippen molar-refractivity contribution in [2.45, 2.75) is 38.8 Å². The number of para-hydroxylation sites is 1. The molecule has 0 aliphatic carbocycles. The Morgan fingerprint density at radius 3 is 2.75 bits per heavy atom. The first-order chi connectivity index (χ1) is 11.7. The van der Waals surface area contributed by atoms with E-state index in [0.29, 0.717) is 24.6 Å². The van der Waals surface area contributed by atoms with E-state index in [1.165, 1.54) is 18.5 Å². The van der Waals surface area contributed by atoms with Crippen molar-refractivity contribution in [2.24, 2.45) is 0 Å². The zero-order chi connectivity index (χ0) is 16.9. The molecule has 0 aromatic heterocycles. The maximum absolute atomic E-state index is 12.6. The molecular weight excluding hydrogens is 322 g/mol. The van der Waals surface area contributed by atoms with Gasteiger partial charge in [0.1, 0.15) is 6.04 Å². The Kier molecular flexibility index (Phi) is 5.66. The smallest absolute Gasteiger partial charge is 0.243 e. The van der Waals surface area contributed by atoms with Crippen LogP contribution >= 0.6 is 11.8 Å². The van der Waals surface area contributed by atoms with Crippen LogP contribution in [0.1, 0.15) is 31.7 Å². The van der Waals surface area contributed by atoms with Gasteiger partial charge in [0.05, 0.1) is 5.88 Å². The van der Waals surface area contributed by atoms with Crippen LogP contribution < -0.4 is 10.2 Å². The van der Waals surface area contributed by atoms with Gasteiger partial charge < -0.3 is 15.1 Å². The second-order valence-corrected chi connectivity index (χ2v) is 7.27. The lowest BCUT2D eigenvalue weighted by Gasteiger charge is -2.24. The lowest BCUT2D eigenvalue weighted by Crippen LogP contribution is -2.46. The number of carbonyl (C=O) groups is 2. The molecule has 2 fully saturated rings. The molecule has 2 saturated heterocycles. The molecule has 0 saturated carbocycles. The van der Waals surface area contributed by atoms with Crippen molar-refractivity contribution in [3.63, 3.8) is 0 Å². The van der Waals surface area contributed by atoms with Gasteiger partial charge in [0.25, 0.3) is 0 Å².